The SMILES string of the molecule is CCC1COC(C)CN1C(CN)c1ccc(C(C)(C)C)s1. The zero-order chi connectivity index (χ0) is 15.6. The first-order valence-electron chi connectivity index (χ1n) is 8.04. The van der Waals surface area contributed by atoms with Gasteiger partial charge < -0.3 is 10.5 Å². The summed E-state index contributed by atoms with van der Waals surface area (Å²) in [7, 11) is 0. The van der Waals surface area contributed by atoms with Gasteiger partial charge in [-0.3, -0.25) is 4.90 Å². The molecule has 21 heavy (non-hydrogen) atoms. The van der Waals surface area contributed by atoms with Crippen molar-refractivity contribution in [1.82, 2.24) is 4.90 Å². The van der Waals surface area contributed by atoms with Crippen molar-refractivity contribution in [3.63, 3.8) is 0 Å². The van der Waals surface area contributed by atoms with Gasteiger partial charge in [0.05, 0.1) is 18.8 Å². The molecule has 1 aliphatic rings. The molecule has 0 bridgehead atoms. The Morgan fingerprint density at radius 3 is 2.67 bits per heavy atom. The molecule has 0 radical (unpaired) electrons. The third-order valence-electron chi connectivity index (χ3n) is 4.30. The normalized spacial score (nSPS) is 26.0. The van der Waals surface area contributed by atoms with Crippen LogP contribution in [0.3, 0.4) is 0 Å². The fraction of sp³-hybridized carbons (Fsp3) is 0.765. The Morgan fingerprint density at radius 1 is 1.43 bits per heavy atom. The molecule has 2 N–H and O–H groups in total. The zero-order valence-corrected chi connectivity index (χ0v) is 14.9. The maximum atomic E-state index is 6.14. The predicted octanol–water partition coefficient (Wildman–Crippen LogP) is 3.54. The van der Waals surface area contributed by atoms with E-state index >= 15 is 0 Å². The molecule has 1 aromatic rings. The number of thiophene rings is 1. The highest BCUT2D eigenvalue weighted by Crippen LogP contribution is 2.35. The Bertz CT molecular complexity index is 452. The van der Waals surface area contributed by atoms with Gasteiger partial charge in [0, 0.05) is 28.9 Å². The summed E-state index contributed by atoms with van der Waals surface area (Å²) in [6.45, 7) is 13.7. The quantitative estimate of drug-likeness (QED) is 0.924. The van der Waals surface area contributed by atoms with E-state index in [1.54, 1.807) is 0 Å². The van der Waals surface area contributed by atoms with E-state index in [0.717, 1.165) is 19.6 Å². The smallest absolute Gasteiger partial charge is 0.0675 e. The topological polar surface area (TPSA) is 38.5 Å². The molecular weight excluding hydrogens is 280 g/mol. The van der Waals surface area contributed by atoms with Gasteiger partial charge >= 0.3 is 0 Å². The first-order valence-corrected chi connectivity index (χ1v) is 8.86. The Balaban J connectivity index is 2.23. The lowest BCUT2D eigenvalue weighted by molar-refractivity contribution is -0.0714. The first-order chi connectivity index (χ1) is 9.86. The van der Waals surface area contributed by atoms with Gasteiger partial charge in [-0.25, -0.2) is 0 Å². The van der Waals surface area contributed by atoms with Crippen LogP contribution in [0.4, 0.5) is 0 Å². The number of nitrogens with zero attached hydrogens (tertiary/aromatic N) is 1. The lowest BCUT2D eigenvalue weighted by Gasteiger charge is -2.42. The van der Waals surface area contributed by atoms with Crippen molar-refractivity contribution in [2.45, 2.75) is 64.6 Å². The lowest BCUT2D eigenvalue weighted by atomic mass is 9.95. The molecular formula is C17H30N2OS. The minimum atomic E-state index is 0.213. The van der Waals surface area contributed by atoms with Crippen LogP contribution in [0.2, 0.25) is 0 Å². The molecule has 1 aliphatic heterocycles. The second-order valence-corrected chi connectivity index (χ2v) is 8.22. The third-order valence-corrected chi connectivity index (χ3v) is 5.91. The number of ether oxygens (including phenoxy) is 1. The highest BCUT2D eigenvalue weighted by Gasteiger charge is 2.32. The summed E-state index contributed by atoms with van der Waals surface area (Å²) in [4.78, 5) is 5.40. The molecule has 1 fully saturated rings. The van der Waals surface area contributed by atoms with Gasteiger partial charge in [-0.05, 0) is 30.9 Å². The highest BCUT2D eigenvalue weighted by molar-refractivity contribution is 7.12. The van der Waals surface area contributed by atoms with E-state index in [0.29, 0.717) is 24.7 Å². The van der Waals surface area contributed by atoms with Crippen LogP contribution in [0.5, 0.6) is 0 Å². The molecule has 0 aromatic carbocycles. The number of hydrogen-bond acceptors (Lipinski definition) is 4. The van der Waals surface area contributed by atoms with Gasteiger partial charge in [0.25, 0.3) is 0 Å². The Morgan fingerprint density at radius 2 is 2.14 bits per heavy atom. The Hall–Kier alpha value is -0.420. The van der Waals surface area contributed by atoms with E-state index in [2.05, 4.69) is 51.7 Å². The van der Waals surface area contributed by atoms with Crippen molar-refractivity contribution in [3.05, 3.63) is 21.9 Å². The van der Waals surface area contributed by atoms with Crippen molar-refractivity contribution in [3.8, 4) is 0 Å². The predicted molar refractivity (Wildman–Crippen MR) is 91.0 cm³/mol. The highest BCUT2D eigenvalue weighted by atomic mass is 32.1. The zero-order valence-electron chi connectivity index (χ0n) is 14.1. The Labute approximate surface area is 133 Å². The average Bonchev–Trinajstić information content (AvgIpc) is 2.89. The van der Waals surface area contributed by atoms with Crippen molar-refractivity contribution >= 4 is 11.3 Å². The number of rotatable bonds is 4. The second-order valence-electron chi connectivity index (χ2n) is 7.11. The van der Waals surface area contributed by atoms with E-state index in [4.69, 9.17) is 10.5 Å². The largest absolute Gasteiger partial charge is 0.376 e. The van der Waals surface area contributed by atoms with Crippen LogP contribution >= 0.6 is 11.3 Å². The van der Waals surface area contributed by atoms with E-state index in [1.165, 1.54) is 9.75 Å². The Kier molecular flexibility index (Phi) is 5.47. The van der Waals surface area contributed by atoms with Crippen LogP contribution < -0.4 is 5.73 Å². The van der Waals surface area contributed by atoms with Gasteiger partial charge in [0.2, 0.25) is 0 Å². The second kappa shape index (κ2) is 6.78. The lowest BCUT2D eigenvalue weighted by Crippen LogP contribution is -2.51. The van der Waals surface area contributed by atoms with Crippen LogP contribution in [0.15, 0.2) is 12.1 Å². The monoisotopic (exact) mass is 310 g/mol. The molecule has 1 saturated heterocycles. The van der Waals surface area contributed by atoms with E-state index in [9.17, 15) is 0 Å². The third kappa shape index (κ3) is 3.86. The molecule has 2 heterocycles. The number of hydrogen-bond donors (Lipinski definition) is 1. The summed E-state index contributed by atoms with van der Waals surface area (Å²) in [6, 6.07) is 5.35. The summed E-state index contributed by atoms with van der Waals surface area (Å²) in [5.41, 5.74) is 6.35. The summed E-state index contributed by atoms with van der Waals surface area (Å²) in [5.74, 6) is 0. The molecule has 1 aromatic heterocycles. The minimum absolute atomic E-state index is 0.213. The van der Waals surface area contributed by atoms with Gasteiger partial charge in [-0.15, -0.1) is 11.3 Å². The summed E-state index contributed by atoms with van der Waals surface area (Å²) < 4.78 is 5.82. The average molecular weight is 311 g/mol. The first kappa shape index (κ1) is 16.9. The van der Waals surface area contributed by atoms with E-state index in [1.807, 2.05) is 11.3 Å². The van der Waals surface area contributed by atoms with Gasteiger partial charge in [0.1, 0.15) is 0 Å². The van der Waals surface area contributed by atoms with Crippen molar-refractivity contribution in [2.24, 2.45) is 5.73 Å². The van der Waals surface area contributed by atoms with Gasteiger partial charge in [-0.2, -0.15) is 0 Å². The van der Waals surface area contributed by atoms with Crippen LogP contribution in [-0.4, -0.2) is 36.7 Å². The van der Waals surface area contributed by atoms with Gasteiger partial charge in [0.15, 0.2) is 0 Å². The van der Waals surface area contributed by atoms with Crippen molar-refractivity contribution < 1.29 is 4.74 Å². The summed E-state index contributed by atoms with van der Waals surface area (Å²) >= 11 is 1.92. The molecule has 4 heteroatoms. The fourth-order valence-corrected chi connectivity index (χ4v) is 4.15. The molecule has 2 rings (SSSR count). The molecule has 120 valence electrons. The molecule has 0 spiro atoms. The van der Waals surface area contributed by atoms with Crippen molar-refractivity contribution in [2.75, 3.05) is 19.7 Å². The molecule has 0 aliphatic carbocycles. The summed E-state index contributed by atoms with van der Waals surface area (Å²) in [5, 5.41) is 0. The van der Waals surface area contributed by atoms with Crippen LogP contribution in [0, 0.1) is 0 Å². The molecule has 3 unspecified atom stereocenters. The fourth-order valence-electron chi connectivity index (χ4n) is 2.95. The molecule has 0 saturated carbocycles. The number of nitrogens with two attached hydrogens (primary N) is 1. The maximum absolute atomic E-state index is 6.14. The number of morpholine rings is 1. The van der Waals surface area contributed by atoms with Crippen LogP contribution in [0.25, 0.3) is 0 Å². The molecule has 3 atom stereocenters. The van der Waals surface area contributed by atoms with E-state index in [-0.39, 0.29) is 5.41 Å². The standard InChI is InChI=1S/C17H30N2OS/c1-6-13-11-20-12(2)10-19(13)14(9-18)15-7-8-16(21-15)17(3,4)5/h7-8,12-14H,6,9-11,18H2,1-5H3. The molecule has 0 amide bonds. The van der Waals surface area contributed by atoms with Crippen molar-refractivity contribution in [1.29, 1.82) is 0 Å². The van der Waals surface area contributed by atoms with Crippen LogP contribution in [-0.2, 0) is 10.2 Å². The van der Waals surface area contributed by atoms with Gasteiger partial charge in [-0.1, -0.05) is 27.7 Å². The summed E-state index contributed by atoms with van der Waals surface area (Å²) in [6.07, 6.45) is 1.41. The minimum Gasteiger partial charge on any atom is -0.376 e. The van der Waals surface area contributed by atoms with Crippen LogP contribution in [0.1, 0.15) is 56.8 Å². The maximum Gasteiger partial charge on any atom is 0.0675 e. The molecule has 3 nitrogen and oxygen atoms in total. The van der Waals surface area contributed by atoms with E-state index < -0.39 is 0 Å².